The third kappa shape index (κ3) is 5.50. The Hall–Kier alpha value is -0.610. The predicted molar refractivity (Wildman–Crippen MR) is 66.7 cm³/mol. The number of rotatable bonds is 6. The summed E-state index contributed by atoms with van der Waals surface area (Å²) in [5.41, 5.74) is 0. The van der Waals surface area contributed by atoms with E-state index in [1.807, 2.05) is 13.8 Å². The number of likely N-dealkylation sites (tertiary alicyclic amines) is 1. The molecule has 0 aromatic heterocycles. The summed E-state index contributed by atoms with van der Waals surface area (Å²) in [5, 5.41) is 9.40. The number of carbonyl (C=O) groups is 1. The van der Waals surface area contributed by atoms with E-state index in [2.05, 4.69) is 4.90 Å². The lowest BCUT2D eigenvalue weighted by Gasteiger charge is -2.24. The fourth-order valence-electron chi connectivity index (χ4n) is 2.24. The maximum absolute atomic E-state index is 11.6. The molecule has 100 valence electrons. The zero-order valence-electron chi connectivity index (χ0n) is 11.2. The van der Waals surface area contributed by atoms with Crippen LogP contribution in [0.4, 0.5) is 0 Å². The van der Waals surface area contributed by atoms with E-state index in [0.29, 0.717) is 25.1 Å². The number of ether oxygens (including phenoxy) is 1. The molecule has 0 radical (unpaired) electrons. The standard InChI is InChI=1S/C13H25NO3/c1-10(2)9-17-13(16)8-14-6-4-5-12(14)7-11(3)15/h10-12,15H,4-9H2,1-3H3. The van der Waals surface area contributed by atoms with Crippen LogP contribution < -0.4 is 0 Å². The van der Waals surface area contributed by atoms with E-state index in [-0.39, 0.29) is 12.1 Å². The first-order valence-electron chi connectivity index (χ1n) is 6.56. The van der Waals surface area contributed by atoms with Gasteiger partial charge in [0.25, 0.3) is 0 Å². The summed E-state index contributed by atoms with van der Waals surface area (Å²) in [6.45, 7) is 7.65. The summed E-state index contributed by atoms with van der Waals surface area (Å²) >= 11 is 0. The average Bonchev–Trinajstić information content (AvgIpc) is 2.62. The van der Waals surface area contributed by atoms with Crippen molar-refractivity contribution >= 4 is 5.97 Å². The number of esters is 1. The highest BCUT2D eigenvalue weighted by atomic mass is 16.5. The smallest absolute Gasteiger partial charge is 0.320 e. The minimum atomic E-state index is -0.299. The van der Waals surface area contributed by atoms with Crippen LogP contribution in [0.2, 0.25) is 0 Å². The highest BCUT2D eigenvalue weighted by molar-refractivity contribution is 5.71. The molecule has 1 N–H and O–H groups in total. The largest absolute Gasteiger partial charge is 0.464 e. The second-order valence-corrected chi connectivity index (χ2v) is 5.43. The number of hydrogen-bond acceptors (Lipinski definition) is 4. The number of aliphatic hydroxyl groups excluding tert-OH is 1. The molecule has 17 heavy (non-hydrogen) atoms. The maximum atomic E-state index is 11.6. The second-order valence-electron chi connectivity index (χ2n) is 5.43. The quantitative estimate of drug-likeness (QED) is 0.717. The van der Waals surface area contributed by atoms with Crippen molar-refractivity contribution in [2.75, 3.05) is 19.7 Å². The Bertz CT molecular complexity index is 241. The van der Waals surface area contributed by atoms with Gasteiger partial charge >= 0.3 is 5.97 Å². The molecule has 0 saturated carbocycles. The van der Waals surface area contributed by atoms with E-state index in [4.69, 9.17) is 4.74 Å². The highest BCUT2D eigenvalue weighted by Gasteiger charge is 2.27. The van der Waals surface area contributed by atoms with Crippen LogP contribution in [0.3, 0.4) is 0 Å². The van der Waals surface area contributed by atoms with Crippen LogP contribution in [0.5, 0.6) is 0 Å². The van der Waals surface area contributed by atoms with E-state index in [9.17, 15) is 9.90 Å². The Balaban J connectivity index is 2.31. The first-order chi connectivity index (χ1) is 7.99. The van der Waals surface area contributed by atoms with Gasteiger partial charge < -0.3 is 9.84 Å². The molecule has 0 bridgehead atoms. The van der Waals surface area contributed by atoms with Crippen molar-refractivity contribution in [3.8, 4) is 0 Å². The van der Waals surface area contributed by atoms with Gasteiger partial charge in [-0.1, -0.05) is 13.8 Å². The van der Waals surface area contributed by atoms with Crippen LogP contribution in [0, 0.1) is 5.92 Å². The third-order valence-electron chi connectivity index (χ3n) is 3.02. The molecule has 1 fully saturated rings. The molecule has 0 amide bonds. The molecule has 0 aliphatic carbocycles. The number of nitrogens with zero attached hydrogens (tertiary/aromatic N) is 1. The topological polar surface area (TPSA) is 49.8 Å². The van der Waals surface area contributed by atoms with Crippen molar-refractivity contribution in [2.24, 2.45) is 5.92 Å². The summed E-state index contributed by atoms with van der Waals surface area (Å²) in [6.07, 6.45) is 2.63. The monoisotopic (exact) mass is 243 g/mol. The summed E-state index contributed by atoms with van der Waals surface area (Å²) in [7, 11) is 0. The van der Waals surface area contributed by atoms with Crippen LogP contribution >= 0.6 is 0 Å². The fourth-order valence-corrected chi connectivity index (χ4v) is 2.24. The van der Waals surface area contributed by atoms with Crippen molar-refractivity contribution in [2.45, 2.75) is 52.2 Å². The van der Waals surface area contributed by atoms with Gasteiger partial charge in [-0.15, -0.1) is 0 Å². The van der Waals surface area contributed by atoms with Crippen molar-refractivity contribution in [3.63, 3.8) is 0 Å². The molecule has 4 heteroatoms. The first kappa shape index (κ1) is 14.5. The Kier molecular flexibility index (Phi) is 5.92. The first-order valence-corrected chi connectivity index (χ1v) is 6.56. The second kappa shape index (κ2) is 6.97. The molecule has 2 atom stereocenters. The maximum Gasteiger partial charge on any atom is 0.320 e. The van der Waals surface area contributed by atoms with Gasteiger partial charge in [-0.2, -0.15) is 0 Å². The van der Waals surface area contributed by atoms with Gasteiger partial charge in [-0.3, -0.25) is 9.69 Å². The number of carbonyl (C=O) groups excluding carboxylic acids is 1. The van der Waals surface area contributed by atoms with Crippen molar-refractivity contribution in [1.29, 1.82) is 0 Å². The van der Waals surface area contributed by atoms with E-state index >= 15 is 0 Å². The van der Waals surface area contributed by atoms with E-state index in [0.717, 1.165) is 25.8 Å². The van der Waals surface area contributed by atoms with Gasteiger partial charge in [-0.25, -0.2) is 0 Å². The lowest BCUT2D eigenvalue weighted by atomic mass is 10.1. The molecule has 0 aromatic rings. The van der Waals surface area contributed by atoms with Crippen LogP contribution in [0.25, 0.3) is 0 Å². The van der Waals surface area contributed by atoms with Crippen LogP contribution in [0.15, 0.2) is 0 Å². The van der Waals surface area contributed by atoms with Gasteiger partial charge in [0, 0.05) is 6.04 Å². The van der Waals surface area contributed by atoms with Crippen molar-refractivity contribution in [3.05, 3.63) is 0 Å². The minimum Gasteiger partial charge on any atom is -0.464 e. The Morgan fingerprint density at radius 3 is 2.76 bits per heavy atom. The van der Waals surface area contributed by atoms with E-state index in [1.165, 1.54) is 0 Å². The Morgan fingerprint density at radius 2 is 2.18 bits per heavy atom. The summed E-state index contributed by atoms with van der Waals surface area (Å²) < 4.78 is 5.18. The predicted octanol–water partition coefficient (Wildman–Crippen LogP) is 1.42. The number of aliphatic hydroxyl groups is 1. The van der Waals surface area contributed by atoms with Gasteiger partial charge in [0.2, 0.25) is 0 Å². The lowest BCUT2D eigenvalue weighted by molar-refractivity contribution is -0.146. The van der Waals surface area contributed by atoms with Crippen LogP contribution in [-0.4, -0.2) is 47.8 Å². The lowest BCUT2D eigenvalue weighted by Crippen LogP contribution is -2.37. The minimum absolute atomic E-state index is 0.142. The van der Waals surface area contributed by atoms with E-state index < -0.39 is 0 Å². The van der Waals surface area contributed by atoms with Gasteiger partial charge in [0.15, 0.2) is 0 Å². The highest BCUT2D eigenvalue weighted by Crippen LogP contribution is 2.21. The Labute approximate surface area is 104 Å². The molecular weight excluding hydrogens is 218 g/mol. The molecule has 1 heterocycles. The van der Waals surface area contributed by atoms with Gasteiger partial charge in [-0.05, 0) is 38.6 Å². The summed E-state index contributed by atoms with van der Waals surface area (Å²) in [4.78, 5) is 13.7. The molecule has 4 nitrogen and oxygen atoms in total. The average molecular weight is 243 g/mol. The van der Waals surface area contributed by atoms with Crippen LogP contribution in [-0.2, 0) is 9.53 Å². The van der Waals surface area contributed by atoms with Gasteiger partial charge in [0.05, 0.1) is 19.3 Å². The molecule has 1 aliphatic rings. The molecular formula is C13H25NO3. The molecule has 0 spiro atoms. The third-order valence-corrected chi connectivity index (χ3v) is 3.02. The summed E-state index contributed by atoms with van der Waals surface area (Å²) in [6, 6.07) is 0.335. The van der Waals surface area contributed by atoms with Crippen molar-refractivity contribution < 1.29 is 14.6 Å². The molecule has 1 aliphatic heterocycles. The molecule has 1 rings (SSSR count). The normalized spacial score (nSPS) is 23.0. The van der Waals surface area contributed by atoms with Crippen molar-refractivity contribution in [1.82, 2.24) is 4.90 Å². The number of hydrogen-bond donors (Lipinski definition) is 1. The zero-order chi connectivity index (χ0) is 12.8. The SMILES string of the molecule is CC(C)COC(=O)CN1CCCC1CC(C)O. The van der Waals surface area contributed by atoms with Gasteiger partial charge in [0.1, 0.15) is 0 Å². The molecule has 0 aromatic carbocycles. The van der Waals surface area contributed by atoms with Crippen LogP contribution in [0.1, 0.15) is 40.0 Å². The molecule has 2 unspecified atom stereocenters. The van der Waals surface area contributed by atoms with E-state index in [1.54, 1.807) is 6.92 Å². The zero-order valence-corrected chi connectivity index (χ0v) is 11.2. The Morgan fingerprint density at radius 1 is 1.47 bits per heavy atom. The fraction of sp³-hybridized carbons (Fsp3) is 0.923. The molecule has 1 saturated heterocycles. The summed E-state index contributed by atoms with van der Waals surface area (Å²) in [5.74, 6) is 0.238.